The average Bonchev–Trinajstić information content (AvgIpc) is 3.19. The third-order valence-electron chi connectivity index (χ3n) is 4.35. The second-order valence-corrected chi connectivity index (χ2v) is 9.07. The van der Waals surface area contributed by atoms with Crippen LogP contribution in [0.15, 0.2) is 53.4 Å². The Bertz CT molecular complexity index is 932. The lowest BCUT2D eigenvalue weighted by molar-refractivity contribution is -0.120. The zero-order valence-corrected chi connectivity index (χ0v) is 17.3. The van der Waals surface area contributed by atoms with E-state index in [1.807, 2.05) is 0 Å². The van der Waals surface area contributed by atoms with Gasteiger partial charge < -0.3 is 10.1 Å². The van der Waals surface area contributed by atoms with E-state index in [0.717, 1.165) is 17.1 Å². The molecule has 0 spiro atoms. The van der Waals surface area contributed by atoms with Crippen LogP contribution in [-0.4, -0.2) is 40.1 Å². The van der Waals surface area contributed by atoms with Gasteiger partial charge in [-0.2, -0.15) is 0 Å². The van der Waals surface area contributed by atoms with E-state index in [1.165, 1.54) is 30.3 Å². The van der Waals surface area contributed by atoms with Crippen molar-refractivity contribution in [3.8, 4) is 0 Å². The van der Waals surface area contributed by atoms with Crippen LogP contribution >= 0.6 is 23.2 Å². The van der Waals surface area contributed by atoms with Gasteiger partial charge in [0.1, 0.15) is 6.54 Å². The Morgan fingerprint density at radius 1 is 1.18 bits per heavy atom. The average molecular weight is 443 g/mol. The summed E-state index contributed by atoms with van der Waals surface area (Å²) in [4.78, 5) is 12.6. The van der Waals surface area contributed by atoms with Crippen molar-refractivity contribution in [2.24, 2.45) is 0 Å². The number of carbonyl (C=O) groups is 1. The molecule has 1 heterocycles. The molecule has 1 amide bonds. The molecule has 2 aromatic carbocycles. The predicted molar refractivity (Wildman–Crippen MR) is 109 cm³/mol. The summed E-state index contributed by atoms with van der Waals surface area (Å²) in [5, 5.41) is 3.25. The van der Waals surface area contributed by atoms with Crippen molar-refractivity contribution >= 4 is 44.8 Å². The first-order valence-corrected chi connectivity index (χ1v) is 11.0. The van der Waals surface area contributed by atoms with Gasteiger partial charge in [0, 0.05) is 18.2 Å². The molecule has 1 aliphatic heterocycles. The number of hydrogen-bond donors (Lipinski definition) is 1. The number of nitrogens with one attached hydrogen (secondary N) is 1. The van der Waals surface area contributed by atoms with E-state index in [1.54, 1.807) is 18.2 Å². The molecule has 2 aromatic rings. The smallest absolute Gasteiger partial charge is 0.264 e. The maximum absolute atomic E-state index is 13.2. The van der Waals surface area contributed by atoms with Crippen LogP contribution in [0, 0.1) is 0 Å². The number of carbonyl (C=O) groups excluding carboxylic acids is 1. The first kappa shape index (κ1) is 20.9. The van der Waals surface area contributed by atoms with Gasteiger partial charge in [-0.25, -0.2) is 8.42 Å². The lowest BCUT2D eigenvalue weighted by atomic mass is 10.2. The highest BCUT2D eigenvalue weighted by Crippen LogP contribution is 2.32. The third kappa shape index (κ3) is 4.97. The Kier molecular flexibility index (Phi) is 6.82. The van der Waals surface area contributed by atoms with E-state index in [9.17, 15) is 13.2 Å². The van der Waals surface area contributed by atoms with Crippen molar-refractivity contribution in [3.63, 3.8) is 0 Å². The van der Waals surface area contributed by atoms with Crippen molar-refractivity contribution in [2.45, 2.75) is 23.8 Å². The van der Waals surface area contributed by atoms with Gasteiger partial charge in [-0.05, 0) is 43.2 Å². The van der Waals surface area contributed by atoms with Crippen LogP contribution in [0.3, 0.4) is 0 Å². The van der Waals surface area contributed by atoms with Gasteiger partial charge in [0.15, 0.2) is 0 Å². The molecular weight excluding hydrogens is 423 g/mol. The van der Waals surface area contributed by atoms with Gasteiger partial charge >= 0.3 is 0 Å². The number of anilines is 1. The minimum absolute atomic E-state index is 0.0396. The number of sulfonamides is 1. The molecule has 0 bridgehead atoms. The highest BCUT2D eigenvalue weighted by atomic mass is 35.5. The van der Waals surface area contributed by atoms with E-state index in [4.69, 9.17) is 27.9 Å². The SMILES string of the molecule is O=C(CN(c1ccc(Cl)cc1Cl)S(=O)(=O)c1ccccc1)NC[C@H]1CCCO1. The normalized spacial score (nSPS) is 16.7. The summed E-state index contributed by atoms with van der Waals surface area (Å²) in [6, 6.07) is 12.3. The summed E-state index contributed by atoms with van der Waals surface area (Å²) < 4.78 is 32.9. The van der Waals surface area contributed by atoms with Crippen LogP contribution in [0.25, 0.3) is 0 Å². The van der Waals surface area contributed by atoms with Gasteiger partial charge in [-0.15, -0.1) is 0 Å². The summed E-state index contributed by atoms with van der Waals surface area (Å²) in [7, 11) is -4.01. The number of nitrogens with zero attached hydrogens (tertiary/aromatic N) is 1. The van der Waals surface area contributed by atoms with Gasteiger partial charge in [0.25, 0.3) is 10.0 Å². The molecule has 0 aliphatic carbocycles. The summed E-state index contributed by atoms with van der Waals surface area (Å²) in [6.07, 6.45) is 1.78. The molecule has 28 heavy (non-hydrogen) atoms. The Morgan fingerprint density at radius 3 is 2.57 bits per heavy atom. The van der Waals surface area contributed by atoms with Crippen LogP contribution in [0.4, 0.5) is 5.69 Å². The van der Waals surface area contributed by atoms with Crippen LogP contribution in [0.2, 0.25) is 10.0 Å². The topological polar surface area (TPSA) is 75.7 Å². The van der Waals surface area contributed by atoms with E-state index in [0.29, 0.717) is 18.2 Å². The maximum Gasteiger partial charge on any atom is 0.264 e. The second-order valence-electron chi connectivity index (χ2n) is 6.36. The predicted octanol–water partition coefficient (Wildman–Crippen LogP) is 3.48. The zero-order valence-electron chi connectivity index (χ0n) is 15.0. The van der Waals surface area contributed by atoms with Crippen LogP contribution in [-0.2, 0) is 19.6 Å². The molecule has 1 N–H and O–H groups in total. The number of amides is 1. The van der Waals surface area contributed by atoms with E-state index in [2.05, 4.69) is 5.32 Å². The van der Waals surface area contributed by atoms with Gasteiger partial charge in [-0.1, -0.05) is 41.4 Å². The number of benzene rings is 2. The summed E-state index contributed by atoms with van der Waals surface area (Å²) in [6.45, 7) is 0.604. The number of ether oxygens (including phenoxy) is 1. The first-order valence-electron chi connectivity index (χ1n) is 8.79. The molecule has 150 valence electrons. The highest BCUT2D eigenvalue weighted by molar-refractivity contribution is 7.92. The quantitative estimate of drug-likeness (QED) is 0.711. The van der Waals surface area contributed by atoms with E-state index >= 15 is 0 Å². The molecule has 6 nitrogen and oxygen atoms in total. The second kappa shape index (κ2) is 9.13. The Labute approximate surface area is 174 Å². The molecular formula is C19H20Cl2N2O4S. The van der Waals surface area contributed by atoms with Crippen molar-refractivity contribution in [1.29, 1.82) is 0 Å². The molecule has 1 atom stereocenters. The van der Waals surface area contributed by atoms with Crippen LogP contribution in [0.1, 0.15) is 12.8 Å². The first-order chi connectivity index (χ1) is 13.4. The fraction of sp³-hybridized carbons (Fsp3) is 0.316. The lowest BCUT2D eigenvalue weighted by Crippen LogP contribution is -2.43. The van der Waals surface area contributed by atoms with Gasteiger partial charge in [0.05, 0.1) is 21.7 Å². The summed E-state index contributed by atoms with van der Waals surface area (Å²) in [5.74, 6) is -0.443. The molecule has 0 saturated carbocycles. The fourth-order valence-corrected chi connectivity index (χ4v) is 4.94. The largest absolute Gasteiger partial charge is 0.376 e. The summed E-state index contributed by atoms with van der Waals surface area (Å²) >= 11 is 12.2. The van der Waals surface area contributed by atoms with E-state index in [-0.39, 0.29) is 21.7 Å². The van der Waals surface area contributed by atoms with Crippen LogP contribution in [0.5, 0.6) is 0 Å². The highest BCUT2D eigenvalue weighted by Gasteiger charge is 2.29. The minimum atomic E-state index is -4.01. The van der Waals surface area contributed by atoms with Crippen LogP contribution < -0.4 is 9.62 Å². The monoisotopic (exact) mass is 442 g/mol. The molecule has 1 saturated heterocycles. The number of rotatable bonds is 7. The molecule has 3 rings (SSSR count). The van der Waals surface area contributed by atoms with Crippen molar-refractivity contribution in [1.82, 2.24) is 5.32 Å². The third-order valence-corrected chi connectivity index (χ3v) is 6.66. The molecule has 0 aromatic heterocycles. The molecule has 0 unspecified atom stereocenters. The van der Waals surface area contributed by atoms with Crippen molar-refractivity contribution in [3.05, 3.63) is 58.6 Å². The Hall–Kier alpha value is -1.80. The molecule has 9 heteroatoms. The van der Waals surface area contributed by atoms with Crippen molar-refractivity contribution in [2.75, 3.05) is 24.0 Å². The zero-order chi connectivity index (χ0) is 20.1. The van der Waals surface area contributed by atoms with Crippen molar-refractivity contribution < 1.29 is 17.9 Å². The number of hydrogen-bond acceptors (Lipinski definition) is 4. The fourth-order valence-electron chi connectivity index (χ4n) is 2.92. The minimum Gasteiger partial charge on any atom is -0.376 e. The standard InChI is InChI=1S/C19H20Cl2N2O4S/c20-14-8-9-18(17(21)11-14)23(28(25,26)16-6-2-1-3-7-16)13-19(24)22-12-15-5-4-10-27-15/h1-3,6-9,11,15H,4-5,10,12-13H2,(H,22,24)/t15-/m1/s1. The van der Waals surface area contributed by atoms with E-state index < -0.39 is 22.5 Å². The number of halogens is 2. The van der Waals surface area contributed by atoms with Gasteiger partial charge in [0.2, 0.25) is 5.91 Å². The maximum atomic E-state index is 13.2. The Morgan fingerprint density at radius 2 is 1.93 bits per heavy atom. The lowest BCUT2D eigenvalue weighted by Gasteiger charge is -2.25. The Balaban J connectivity index is 1.87. The molecule has 1 fully saturated rings. The summed E-state index contributed by atoms with van der Waals surface area (Å²) in [5.41, 5.74) is 0.183. The molecule has 1 aliphatic rings. The molecule has 0 radical (unpaired) electrons. The van der Waals surface area contributed by atoms with Gasteiger partial charge in [-0.3, -0.25) is 9.10 Å².